The van der Waals surface area contributed by atoms with Crippen molar-refractivity contribution in [1.82, 2.24) is 16.0 Å². The number of alkyl halides is 5. The normalized spacial score (nSPS) is 13.5. The van der Waals surface area contributed by atoms with Gasteiger partial charge in [0.15, 0.2) is 6.61 Å². The minimum atomic E-state index is -5.31. The van der Waals surface area contributed by atoms with Crippen LogP contribution < -0.4 is 25.4 Å². The quantitative estimate of drug-likeness (QED) is 0.118. The van der Waals surface area contributed by atoms with Gasteiger partial charge in [0.05, 0.1) is 18.2 Å². The lowest BCUT2D eigenvalue weighted by molar-refractivity contribution is -0.175. The zero-order valence-corrected chi connectivity index (χ0v) is 31.4. The van der Waals surface area contributed by atoms with Crippen LogP contribution in [0.25, 0.3) is 0 Å². The van der Waals surface area contributed by atoms with Gasteiger partial charge in [-0.3, -0.25) is 19.2 Å². The summed E-state index contributed by atoms with van der Waals surface area (Å²) in [6, 6.07) is 10.0. The van der Waals surface area contributed by atoms with E-state index in [4.69, 9.17) is 25.8 Å². The molecule has 55 heavy (non-hydrogen) atoms. The molecular formula is C38H41ClF5N3O8. The van der Waals surface area contributed by atoms with Crippen LogP contribution in [-0.4, -0.2) is 67.1 Å². The molecule has 0 saturated carbocycles. The number of rotatable bonds is 16. The van der Waals surface area contributed by atoms with Crippen molar-refractivity contribution in [1.29, 1.82) is 0 Å². The number of esters is 1. The highest BCUT2D eigenvalue weighted by Gasteiger charge is 2.46. The predicted molar refractivity (Wildman–Crippen MR) is 190 cm³/mol. The van der Waals surface area contributed by atoms with E-state index in [1.54, 1.807) is 20.8 Å². The lowest BCUT2D eigenvalue weighted by Crippen LogP contribution is -2.56. The van der Waals surface area contributed by atoms with E-state index >= 15 is 8.78 Å². The van der Waals surface area contributed by atoms with Gasteiger partial charge in [0, 0.05) is 12.0 Å². The second-order valence-corrected chi connectivity index (χ2v) is 14.0. The molecule has 17 heteroatoms. The van der Waals surface area contributed by atoms with Gasteiger partial charge in [0.1, 0.15) is 29.2 Å². The van der Waals surface area contributed by atoms with Crippen molar-refractivity contribution in [3.05, 3.63) is 94.5 Å². The second-order valence-electron chi connectivity index (χ2n) is 13.6. The van der Waals surface area contributed by atoms with Crippen molar-refractivity contribution < 1.29 is 60.1 Å². The van der Waals surface area contributed by atoms with Gasteiger partial charge in [-0.15, -0.1) is 0 Å². The van der Waals surface area contributed by atoms with Crippen molar-refractivity contribution >= 4 is 41.1 Å². The minimum absolute atomic E-state index is 0.00220. The van der Waals surface area contributed by atoms with Crippen LogP contribution in [0.3, 0.4) is 0 Å². The Morgan fingerprint density at radius 3 is 1.98 bits per heavy atom. The standard InChI is InChI=1S/C38H41ClF5N3O8/c1-21(2)30(32(49)38(42,43)44)46-34(51)31(23-14-16-24(53-6)17-15-23)47-33(50)28(45-35(52)37(40,41)26-12-7-8-13-27(26)39)19-22-10-9-11-25(18-22)54-20-29(48)55-36(3,4)5/h7-18,21,28,30-31H,19-20H2,1-6H3,(H,45,52)(H,46,51)(H,47,50). The summed E-state index contributed by atoms with van der Waals surface area (Å²) in [4.78, 5) is 65.4. The molecule has 0 fully saturated rings. The molecule has 298 valence electrons. The number of hydrogen-bond donors (Lipinski definition) is 3. The molecular weight excluding hydrogens is 757 g/mol. The minimum Gasteiger partial charge on any atom is -0.497 e. The molecule has 11 nitrogen and oxygen atoms in total. The van der Waals surface area contributed by atoms with Crippen LogP contribution in [0.1, 0.15) is 57.4 Å². The molecule has 0 aliphatic heterocycles. The van der Waals surface area contributed by atoms with Crippen molar-refractivity contribution in [2.45, 2.75) is 76.9 Å². The Bertz CT molecular complexity index is 1850. The van der Waals surface area contributed by atoms with E-state index in [9.17, 15) is 37.1 Å². The van der Waals surface area contributed by atoms with E-state index in [1.807, 2.05) is 5.32 Å². The fraction of sp³-hybridized carbons (Fsp3) is 0.395. The fourth-order valence-corrected chi connectivity index (χ4v) is 5.35. The molecule has 0 aromatic heterocycles. The molecule has 3 rings (SSSR count). The van der Waals surface area contributed by atoms with Gasteiger partial charge >= 0.3 is 18.1 Å². The Labute approximate surface area is 319 Å². The van der Waals surface area contributed by atoms with E-state index in [0.29, 0.717) is 5.75 Å². The van der Waals surface area contributed by atoms with Crippen LogP contribution in [0.2, 0.25) is 5.02 Å². The van der Waals surface area contributed by atoms with Gasteiger partial charge in [-0.2, -0.15) is 22.0 Å². The van der Waals surface area contributed by atoms with E-state index in [1.165, 1.54) is 81.6 Å². The molecule has 3 amide bonds. The Morgan fingerprint density at radius 2 is 1.42 bits per heavy atom. The largest absolute Gasteiger partial charge is 0.497 e. The Balaban J connectivity index is 2.02. The first kappa shape index (κ1) is 44.1. The Hall–Kier alpha value is -5.25. The van der Waals surface area contributed by atoms with E-state index in [2.05, 4.69) is 10.6 Å². The smallest absolute Gasteiger partial charge is 0.452 e. The number of amides is 3. The van der Waals surface area contributed by atoms with Gasteiger partial charge in [0.2, 0.25) is 11.8 Å². The summed E-state index contributed by atoms with van der Waals surface area (Å²) in [6.07, 6.45) is -5.81. The summed E-state index contributed by atoms with van der Waals surface area (Å²) < 4.78 is 87.3. The van der Waals surface area contributed by atoms with Crippen molar-refractivity contribution in [2.75, 3.05) is 13.7 Å². The van der Waals surface area contributed by atoms with Gasteiger partial charge in [-0.25, -0.2) is 4.79 Å². The molecule has 3 aromatic rings. The van der Waals surface area contributed by atoms with Gasteiger partial charge in [-0.1, -0.05) is 67.9 Å². The highest BCUT2D eigenvalue weighted by Crippen LogP contribution is 2.34. The zero-order chi connectivity index (χ0) is 41.3. The summed E-state index contributed by atoms with van der Waals surface area (Å²) in [5, 5.41) is 5.95. The highest BCUT2D eigenvalue weighted by molar-refractivity contribution is 6.31. The average molecular weight is 798 g/mol. The third-order valence-corrected chi connectivity index (χ3v) is 8.09. The number of carbonyl (C=O) groups is 5. The fourth-order valence-electron chi connectivity index (χ4n) is 5.09. The highest BCUT2D eigenvalue weighted by atomic mass is 35.5. The van der Waals surface area contributed by atoms with E-state index < -0.39 is 94.8 Å². The number of carbonyl (C=O) groups excluding carboxylic acids is 5. The van der Waals surface area contributed by atoms with Crippen LogP contribution in [-0.2, 0) is 41.1 Å². The van der Waals surface area contributed by atoms with Crippen molar-refractivity contribution in [3.63, 3.8) is 0 Å². The third-order valence-electron chi connectivity index (χ3n) is 7.76. The number of ketones is 1. The van der Waals surface area contributed by atoms with Gasteiger partial charge < -0.3 is 30.2 Å². The van der Waals surface area contributed by atoms with Gasteiger partial charge in [0.25, 0.3) is 11.7 Å². The number of Topliss-reactive ketones (excluding diaryl/α,β-unsaturated/α-hetero) is 1. The van der Waals surface area contributed by atoms with Crippen LogP contribution >= 0.6 is 11.6 Å². The van der Waals surface area contributed by atoms with Crippen LogP contribution in [0.4, 0.5) is 22.0 Å². The number of ether oxygens (including phenoxy) is 3. The van der Waals surface area contributed by atoms with Crippen LogP contribution in [0.15, 0.2) is 72.8 Å². The first-order valence-electron chi connectivity index (χ1n) is 16.8. The predicted octanol–water partition coefficient (Wildman–Crippen LogP) is 6.02. The maximum Gasteiger partial charge on any atom is 0.452 e. The molecule has 3 unspecified atom stereocenters. The molecule has 3 N–H and O–H groups in total. The molecule has 3 atom stereocenters. The summed E-state index contributed by atoms with van der Waals surface area (Å²) in [7, 11) is 1.35. The van der Waals surface area contributed by atoms with Crippen LogP contribution in [0.5, 0.6) is 11.5 Å². The lowest BCUT2D eigenvalue weighted by atomic mass is 9.97. The molecule has 0 bridgehead atoms. The van der Waals surface area contributed by atoms with Gasteiger partial charge in [-0.05, 0) is 68.1 Å². The Morgan fingerprint density at radius 1 is 0.782 bits per heavy atom. The lowest BCUT2D eigenvalue weighted by Gasteiger charge is -2.28. The van der Waals surface area contributed by atoms with E-state index in [-0.39, 0.29) is 16.9 Å². The van der Waals surface area contributed by atoms with Crippen LogP contribution in [0, 0.1) is 5.92 Å². The molecule has 0 radical (unpaired) electrons. The number of hydrogen-bond acceptors (Lipinski definition) is 8. The third kappa shape index (κ3) is 12.7. The monoisotopic (exact) mass is 797 g/mol. The Kier molecular flexibility index (Phi) is 14.8. The maximum atomic E-state index is 15.6. The van der Waals surface area contributed by atoms with E-state index in [0.717, 1.165) is 12.1 Å². The summed E-state index contributed by atoms with van der Waals surface area (Å²) in [5.74, 6) is -12.2. The summed E-state index contributed by atoms with van der Waals surface area (Å²) in [5.41, 5.74) is -1.44. The molecule has 0 spiro atoms. The second kappa shape index (κ2) is 18.4. The molecule has 3 aromatic carbocycles. The molecule has 0 aliphatic rings. The SMILES string of the molecule is COc1ccc(C(NC(=O)C(Cc2cccc(OCC(=O)OC(C)(C)C)c2)NC(=O)C(F)(F)c2ccccc2Cl)C(=O)NC(C(=O)C(F)(F)F)C(C)C)cc1. The number of nitrogens with one attached hydrogen (secondary N) is 3. The number of methoxy groups -OCH3 is 1. The summed E-state index contributed by atoms with van der Waals surface area (Å²) in [6.45, 7) is 7.02. The topological polar surface area (TPSA) is 149 Å². The first-order chi connectivity index (χ1) is 25.5. The zero-order valence-electron chi connectivity index (χ0n) is 30.7. The number of halogens is 6. The molecule has 0 aliphatic carbocycles. The van der Waals surface area contributed by atoms with Crippen molar-refractivity contribution in [3.8, 4) is 11.5 Å². The number of benzene rings is 3. The molecule has 0 heterocycles. The van der Waals surface area contributed by atoms with Crippen molar-refractivity contribution in [2.24, 2.45) is 5.92 Å². The summed E-state index contributed by atoms with van der Waals surface area (Å²) >= 11 is 5.96. The first-order valence-corrected chi connectivity index (χ1v) is 17.1. The average Bonchev–Trinajstić information content (AvgIpc) is 3.10. The maximum absolute atomic E-state index is 15.6. The molecule has 0 saturated heterocycles.